The summed E-state index contributed by atoms with van der Waals surface area (Å²) in [5.74, 6) is 0.517. The molecule has 2 amide bonds. The quantitative estimate of drug-likeness (QED) is 0.290. The molecule has 8 nitrogen and oxygen atoms in total. The molecule has 3 aromatic heterocycles. The third kappa shape index (κ3) is 5.64. The Bertz CT molecular complexity index is 1260. The Balaban J connectivity index is 1.45. The highest BCUT2D eigenvalue weighted by molar-refractivity contribution is 7.14. The summed E-state index contributed by atoms with van der Waals surface area (Å²) >= 11 is 2.86. The maximum atomic E-state index is 12.9. The molecule has 0 radical (unpaired) electrons. The zero-order valence-electron chi connectivity index (χ0n) is 18.7. The average molecular weight is 494 g/mol. The lowest BCUT2D eigenvalue weighted by molar-refractivity contribution is -0.126. The van der Waals surface area contributed by atoms with Crippen molar-refractivity contribution in [3.05, 3.63) is 70.9 Å². The number of benzene rings is 1. The van der Waals surface area contributed by atoms with Crippen LogP contribution in [0.2, 0.25) is 0 Å². The molecule has 0 fully saturated rings. The van der Waals surface area contributed by atoms with Crippen molar-refractivity contribution in [1.82, 2.24) is 20.1 Å². The standard InChI is InChI=1S/C24H23N5O3S2/c1-3-13-28(15-21-26-27-23(32-21)20-10-7-14-33-20)22(31)12-11-18-16-34-24(25-18)29(17(2)30)19-8-5-4-6-9-19/h4-12,14,16H,3,13,15H2,1-2H3. The van der Waals surface area contributed by atoms with Crippen LogP contribution in [-0.4, -0.2) is 38.4 Å². The molecular formula is C24H23N5O3S2. The minimum Gasteiger partial charge on any atom is -0.418 e. The van der Waals surface area contributed by atoms with Crippen LogP contribution in [-0.2, 0) is 16.1 Å². The first-order valence-electron chi connectivity index (χ1n) is 10.7. The Hall–Kier alpha value is -3.63. The fourth-order valence-electron chi connectivity index (χ4n) is 3.24. The van der Waals surface area contributed by atoms with Crippen LogP contribution < -0.4 is 4.90 Å². The molecule has 1 aromatic carbocycles. The number of carbonyl (C=O) groups excluding carboxylic acids is 2. The number of hydrogen-bond acceptors (Lipinski definition) is 8. The van der Waals surface area contributed by atoms with Crippen molar-refractivity contribution >= 4 is 51.4 Å². The van der Waals surface area contributed by atoms with Crippen LogP contribution in [0.15, 0.2) is 63.7 Å². The average Bonchev–Trinajstić information content (AvgIpc) is 3.60. The fourth-order valence-corrected chi connectivity index (χ4v) is 4.74. The van der Waals surface area contributed by atoms with Gasteiger partial charge in [0.2, 0.25) is 17.7 Å². The SMILES string of the molecule is CCCN(Cc1nnc(-c2cccs2)o1)C(=O)C=Cc1csc(N(C(C)=O)c2ccccc2)n1. The van der Waals surface area contributed by atoms with E-state index < -0.39 is 0 Å². The number of thiophene rings is 1. The number of aromatic nitrogens is 3. The third-order valence-corrected chi connectivity index (χ3v) is 6.46. The highest BCUT2D eigenvalue weighted by Gasteiger charge is 2.18. The van der Waals surface area contributed by atoms with Gasteiger partial charge in [0.1, 0.15) is 0 Å². The molecule has 0 aliphatic carbocycles. The van der Waals surface area contributed by atoms with Gasteiger partial charge in [-0.25, -0.2) is 4.98 Å². The monoisotopic (exact) mass is 493 g/mol. The van der Waals surface area contributed by atoms with Gasteiger partial charge in [0.15, 0.2) is 5.13 Å². The van der Waals surface area contributed by atoms with Crippen molar-refractivity contribution in [2.75, 3.05) is 11.4 Å². The van der Waals surface area contributed by atoms with Gasteiger partial charge in [-0.1, -0.05) is 31.2 Å². The number of thiazole rings is 1. The maximum absolute atomic E-state index is 12.9. The molecule has 0 N–H and O–H groups in total. The largest absolute Gasteiger partial charge is 0.418 e. The first-order valence-corrected chi connectivity index (χ1v) is 12.5. The molecule has 0 saturated carbocycles. The van der Waals surface area contributed by atoms with Crippen LogP contribution in [0.4, 0.5) is 10.8 Å². The number of carbonyl (C=O) groups is 2. The Morgan fingerprint density at radius 1 is 1.09 bits per heavy atom. The van der Waals surface area contributed by atoms with E-state index in [0.29, 0.717) is 29.2 Å². The summed E-state index contributed by atoms with van der Waals surface area (Å²) in [5, 5.41) is 12.5. The van der Waals surface area contributed by atoms with E-state index in [1.807, 2.05) is 60.1 Å². The van der Waals surface area contributed by atoms with Crippen LogP contribution in [0, 0.1) is 0 Å². The molecule has 4 aromatic rings. The van der Waals surface area contributed by atoms with E-state index in [9.17, 15) is 9.59 Å². The number of rotatable bonds is 9. The minimum atomic E-state index is -0.182. The van der Waals surface area contributed by atoms with Crippen molar-refractivity contribution in [3.63, 3.8) is 0 Å². The molecule has 10 heteroatoms. The molecule has 0 aliphatic rings. The maximum Gasteiger partial charge on any atom is 0.257 e. The summed E-state index contributed by atoms with van der Waals surface area (Å²) in [7, 11) is 0. The van der Waals surface area contributed by atoms with Crippen LogP contribution in [0.25, 0.3) is 16.8 Å². The molecular weight excluding hydrogens is 470 g/mol. The summed E-state index contributed by atoms with van der Waals surface area (Å²) in [6.07, 6.45) is 3.92. The normalized spacial score (nSPS) is 11.1. The second-order valence-electron chi connectivity index (χ2n) is 7.32. The van der Waals surface area contributed by atoms with E-state index in [4.69, 9.17) is 4.42 Å². The second-order valence-corrected chi connectivity index (χ2v) is 9.10. The minimum absolute atomic E-state index is 0.136. The molecule has 0 bridgehead atoms. The number of nitrogens with zero attached hydrogens (tertiary/aromatic N) is 5. The summed E-state index contributed by atoms with van der Waals surface area (Å²) in [4.78, 5) is 33.7. The molecule has 0 spiro atoms. The van der Waals surface area contributed by atoms with E-state index in [0.717, 1.165) is 17.0 Å². The molecule has 34 heavy (non-hydrogen) atoms. The smallest absolute Gasteiger partial charge is 0.257 e. The van der Waals surface area contributed by atoms with E-state index in [1.165, 1.54) is 35.7 Å². The Labute approximate surface area is 205 Å². The van der Waals surface area contributed by atoms with Crippen LogP contribution in [0.1, 0.15) is 31.9 Å². The Morgan fingerprint density at radius 2 is 1.91 bits per heavy atom. The van der Waals surface area contributed by atoms with Crippen molar-refractivity contribution in [2.24, 2.45) is 0 Å². The molecule has 0 saturated heterocycles. The molecule has 0 unspecified atom stereocenters. The molecule has 0 aliphatic heterocycles. The highest BCUT2D eigenvalue weighted by atomic mass is 32.1. The molecule has 4 rings (SSSR count). The number of anilines is 2. The van der Waals surface area contributed by atoms with Gasteiger partial charge >= 0.3 is 0 Å². The number of para-hydroxylation sites is 1. The predicted octanol–water partition coefficient (Wildman–Crippen LogP) is 5.39. The van der Waals surface area contributed by atoms with Gasteiger partial charge in [0, 0.05) is 24.9 Å². The second kappa shape index (κ2) is 11.0. The third-order valence-electron chi connectivity index (χ3n) is 4.76. The molecule has 0 atom stereocenters. The van der Waals surface area contributed by atoms with Gasteiger partial charge < -0.3 is 9.32 Å². The predicted molar refractivity (Wildman–Crippen MR) is 134 cm³/mol. The van der Waals surface area contributed by atoms with Gasteiger partial charge in [-0.15, -0.1) is 32.9 Å². The van der Waals surface area contributed by atoms with E-state index >= 15 is 0 Å². The van der Waals surface area contributed by atoms with Gasteiger partial charge in [-0.2, -0.15) is 0 Å². The van der Waals surface area contributed by atoms with Gasteiger partial charge in [-0.05, 0) is 36.1 Å². The molecule has 3 heterocycles. The topological polar surface area (TPSA) is 92.4 Å². The van der Waals surface area contributed by atoms with Crippen molar-refractivity contribution in [3.8, 4) is 10.8 Å². The zero-order valence-corrected chi connectivity index (χ0v) is 20.4. The first-order chi connectivity index (χ1) is 16.5. The van der Waals surface area contributed by atoms with Crippen molar-refractivity contribution in [1.29, 1.82) is 0 Å². The lowest BCUT2D eigenvalue weighted by atomic mass is 10.3. The van der Waals surface area contributed by atoms with E-state index in [1.54, 1.807) is 15.9 Å². The van der Waals surface area contributed by atoms with Gasteiger partial charge in [0.05, 0.1) is 22.8 Å². The summed E-state index contributed by atoms with van der Waals surface area (Å²) in [6.45, 7) is 4.27. The fraction of sp³-hybridized carbons (Fsp3) is 0.208. The lowest BCUT2D eigenvalue weighted by Gasteiger charge is -2.18. The highest BCUT2D eigenvalue weighted by Crippen LogP contribution is 2.29. The zero-order chi connectivity index (χ0) is 23.9. The molecule has 174 valence electrons. The van der Waals surface area contributed by atoms with Crippen LogP contribution in [0.3, 0.4) is 0 Å². The lowest BCUT2D eigenvalue weighted by Crippen LogP contribution is -2.29. The van der Waals surface area contributed by atoms with E-state index in [-0.39, 0.29) is 18.4 Å². The summed E-state index contributed by atoms with van der Waals surface area (Å²) < 4.78 is 5.73. The summed E-state index contributed by atoms with van der Waals surface area (Å²) in [5.41, 5.74) is 1.34. The van der Waals surface area contributed by atoms with Gasteiger partial charge in [-0.3, -0.25) is 14.5 Å². The van der Waals surface area contributed by atoms with Crippen LogP contribution in [0.5, 0.6) is 0 Å². The first kappa shape index (κ1) is 23.5. The van der Waals surface area contributed by atoms with Crippen molar-refractivity contribution < 1.29 is 14.0 Å². The van der Waals surface area contributed by atoms with E-state index in [2.05, 4.69) is 15.2 Å². The summed E-state index contributed by atoms with van der Waals surface area (Å²) in [6, 6.07) is 13.2. The Kier molecular flexibility index (Phi) is 7.61. The Morgan fingerprint density at radius 3 is 2.62 bits per heavy atom. The van der Waals surface area contributed by atoms with Gasteiger partial charge in [0.25, 0.3) is 5.89 Å². The number of hydrogen-bond donors (Lipinski definition) is 0. The number of amides is 2. The van der Waals surface area contributed by atoms with Crippen LogP contribution >= 0.6 is 22.7 Å². The van der Waals surface area contributed by atoms with Crippen molar-refractivity contribution in [2.45, 2.75) is 26.8 Å².